The average Bonchev–Trinajstić information content (AvgIpc) is 2.08. The van der Waals surface area contributed by atoms with Crippen LogP contribution >= 0.6 is 0 Å². The quantitative estimate of drug-likeness (QED) is 0.717. The monoisotopic (exact) mass is 193 g/mol. The lowest BCUT2D eigenvalue weighted by Gasteiger charge is -2.07. The summed E-state index contributed by atoms with van der Waals surface area (Å²) in [4.78, 5) is 0. The number of hydrogen-bond acceptors (Lipinski definition) is 1. The van der Waals surface area contributed by atoms with Crippen LogP contribution in [0.3, 0.4) is 0 Å². The van der Waals surface area contributed by atoms with Gasteiger partial charge in [-0.2, -0.15) is 0 Å². The van der Waals surface area contributed by atoms with Gasteiger partial charge in [-0.15, -0.1) is 0 Å². The fraction of sp³-hybridized carbons (Fsp3) is 0.250. The SMILES string of the molecule is NCc1ccc(F)c(F)c1C(F)F. The van der Waals surface area contributed by atoms with E-state index in [1.807, 2.05) is 0 Å². The van der Waals surface area contributed by atoms with E-state index in [0.717, 1.165) is 12.1 Å². The molecular formula is C8H7F4N. The van der Waals surface area contributed by atoms with E-state index >= 15 is 0 Å². The van der Waals surface area contributed by atoms with E-state index in [0.29, 0.717) is 0 Å². The third-order valence-electron chi connectivity index (χ3n) is 1.66. The largest absolute Gasteiger partial charge is 0.326 e. The summed E-state index contributed by atoms with van der Waals surface area (Å²) in [5.74, 6) is -2.80. The van der Waals surface area contributed by atoms with Gasteiger partial charge in [-0.1, -0.05) is 6.07 Å². The Bertz CT molecular complexity index is 311. The maximum Gasteiger partial charge on any atom is 0.267 e. The number of nitrogens with two attached hydrogens (primary N) is 1. The van der Waals surface area contributed by atoms with Crippen LogP contribution in [-0.4, -0.2) is 0 Å². The lowest BCUT2D eigenvalue weighted by molar-refractivity contribution is 0.144. The van der Waals surface area contributed by atoms with Crippen LogP contribution in [0.4, 0.5) is 17.6 Å². The molecule has 0 atom stereocenters. The van der Waals surface area contributed by atoms with Gasteiger partial charge in [0.1, 0.15) is 0 Å². The summed E-state index contributed by atoms with van der Waals surface area (Å²) in [6, 6.07) is 1.84. The van der Waals surface area contributed by atoms with Crippen molar-refractivity contribution in [2.75, 3.05) is 0 Å². The molecule has 72 valence electrons. The van der Waals surface area contributed by atoms with Crippen LogP contribution in [0.1, 0.15) is 17.6 Å². The normalized spacial score (nSPS) is 10.9. The lowest BCUT2D eigenvalue weighted by atomic mass is 10.1. The first kappa shape index (κ1) is 9.98. The van der Waals surface area contributed by atoms with E-state index in [1.54, 1.807) is 0 Å². The van der Waals surface area contributed by atoms with Crippen molar-refractivity contribution in [1.82, 2.24) is 0 Å². The molecule has 0 saturated carbocycles. The number of rotatable bonds is 2. The van der Waals surface area contributed by atoms with E-state index in [2.05, 4.69) is 0 Å². The predicted octanol–water partition coefficient (Wildman–Crippen LogP) is 2.36. The van der Waals surface area contributed by atoms with Crippen molar-refractivity contribution in [3.05, 3.63) is 34.9 Å². The smallest absolute Gasteiger partial charge is 0.267 e. The topological polar surface area (TPSA) is 26.0 Å². The Balaban J connectivity index is 3.32. The molecule has 0 bridgehead atoms. The Morgan fingerprint density at radius 2 is 1.85 bits per heavy atom. The molecule has 0 amide bonds. The molecule has 0 aliphatic rings. The van der Waals surface area contributed by atoms with Crippen LogP contribution < -0.4 is 5.73 Å². The summed E-state index contributed by atoms with van der Waals surface area (Å²) in [5.41, 5.74) is 4.07. The van der Waals surface area contributed by atoms with Crippen molar-refractivity contribution in [2.24, 2.45) is 5.73 Å². The molecule has 0 fully saturated rings. The standard InChI is InChI=1S/C8H7F4N/c9-5-2-1-4(3-13)6(7(5)10)8(11)12/h1-2,8H,3,13H2. The van der Waals surface area contributed by atoms with Crippen LogP contribution in [0.15, 0.2) is 12.1 Å². The zero-order chi connectivity index (χ0) is 10.0. The van der Waals surface area contributed by atoms with Gasteiger partial charge >= 0.3 is 0 Å². The molecule has 5 heteroatoms. The van der Waals surface area contributed by atoms with E-state index < -0.39 is 23.6 Å². The van der Waals surface area contributed by atoms with Crippen LogP contribution in [-0.2, 0) is 6.54 Å². The molecule has 0 aromatic heterocycles. The predicted molar refractivity (Wildman–Crippen MR) is 39.2 cm³/mol. The maximum absolute atomic E-state index is 12.8. The van der Waals surface area contributed by atoms with Gasteiger partial charge in [0.05, 0.1) is 5.56 Å². The van der Waals surface area contributed by atoms with Crippen molar-refractivity contribution in [1.29, 1.82) is 0 Å². The molecule has 1 nitrogen and oxygen atoms in total. The lowest BCUT2D eigenvalue weighted by Crippen LogP contribution is -2.06. The Labute approximate surface area is 72.2 Å². The maximum atomic E-state index is 12.8. The molecule has 1 rings (SSSR count). The summed E-state index contributed by atoms with van der Waals surface area (Å²) in [7, 11) is 0. The molecule has 13 heavy (non-hydrogen) atoms. The molecule has 0 unspecified atom stereocenters. The summed E-state index contributed by atoms with van der Waals surface area (Å²) in [5, 5.41) is 0. The first-order valence-electron chi connectivity index (χ1n) is 3.53. The van der Waals surface area contributed by atoms with Crippen LogP contribution in [0.5, 0.6) is 0 Å². The second kappa shape index (κ2) is 3.74. The first-order valence-corrected chi connectivity index (χ1v) is 3.53. The number of alkyl halides is 2. The minimum Gasteiger partial charge on any atom is -0.326 e. The summed E-state index contributed by atoms with van der Waals surface area (Å²) >= 11 is 0. The fourth-order valence-electron chi connectivity index (χ4n) is 1.02. The van der Waals surface area contributed by atoms with E-state index in [4.69, 9.17) is 5.73 Å². The second-order valence-electron chi connectivity index (χ2n) is 2.44. The summed E-state index contributed by atoms with van der Waals surface area (Å²) in [6.07, 6.45) is -3.05. The van der Waals surface area contributed by atoms with Crippen LogP contribution in [0.2, 0.25) is 0 Å². The van der Waals surface area contributed by atoms with Crippen LogP contribution in [0, 0.1) is 11.6 Å². The molecular weight excluding hydrogens is 186 g/mol. The Hall–Kier alpha value is -1.10. The van der Waals surface area contributed by atoms with E-state index in [9.17, 15) is 17.6 Å². The highest BCUT2D eigenvalue weighted by Crippen LogP contribution is 2.27. The van der Waals surface area contributed by atoms with Gasteiger partial charge in [-0.25, -0.2) is 17.6 Å². The molecule has 1 aromatic carbocycles. The minimum absolute atomic E-state index is 0.0751. The van der Waals surface area contributed by atoms with Crippen molar-refractivity contribution < 1.29 is 17.6 Å². The van der Waals surface area contributed by atoms with Gasteiger partial charge in [-0.3, -0.25) is 0 Å². The zero-order valence-corrected chi connectivity index (χ0v) is 6.53. The second-order valence-corrected chi connectivity index (χ2v) is 2.44. The molecule has 0 spiro atoms. The number of halogens is 4. The summed E-state index contributed by atoms with van der Waals surface area (Å²) < 4.78 is 49.7. The fourth-order valence-corrected chi connectivity index (χ4v) is 1.02. The third kappa shape index (κ3) is 1.80. The number of benzene rings is 1. The van der Waals surface area contributed by atoms with Crippen molar-refractivity contribution in [2.45, 2.75) is 13.0 Å². The average molecular weight is 193 g/mol. The molecule has 2 N–H and O–H groups in total. The zero-order valence-electron chi connectivity index (χ0n) is 6.53. The van der Waals surface area contributed by atoms with Gasteiger partial charge < -0.3 is 5.73 Å². The van der Waals surface area contributed by atoms with Gasteiger partial charge in [0, 0.05) is 6.54 Å². The van der Waals surface area contributed by atoms with E-state index in [-0.39, 0.29) is 12.1 Å². The highest BCUT2D eigenvalue weighted by Gasteiger charge is 2.20. The van der Waals surface area contributed by atoms with Crippen LogP contribution in [0.25, 0.3) is 0 Å². The molecule has 0 saturated heterocycles. The van der Waals surface area contributed by atoms with Crippen molar-refractivity contribution >= 4 is 0 Å². The molecule has 0 radical (unpaired) electrons. The first-order chi connectivity index (χ1) is 6.07. The van der Waals surface area contributed by atoms with Gasteiger partial charge in [0.2, 0.25) is 0 Å². The Morgan fingerprint density at radius 3 is 2.31 bits per heavy atom. The molecule has 0 aliphatic carbocycles. The Morgan fingerprint density at radius 1 is 1.23 bits per heavy atom. The van der Waals surface area contributed by atoms with Gasteiger partial charge in [0.15, 0.2) is 11.6 Å². The van der Waals surface area contributed by atoms with Gasteiger partial charge in [-0.05, 0) is 11.6 Å². The van der Waals surface area contributed by atoms with Crippen molar-refractivity contribution in [3.8, 4) is 0 Å². The number of hydrogen-bond donors (Lipinski definition) is 1. The van der Waals surface area contributed by atoms with E-state index in [1.165, 1.54) is 0 Å². The van der Waals surface area contributed by atoms with Crippen molar-refractivity contribution in [3.63, 3.8) is 0 Å². The highest BCUT2D eigenvalue weighted by molar-refractivity contribution is 5.30. The third-order valence-corrected chi connectivity index (χ3v) is 1.66. The van der Waals surface area contributed by atoms with Gasteiger partial charge in [0.25, 0.3) is 6.43 Å². The summed E-state index contributed by atoms with van der Waals surface area (Å²) in [6.45, 7) is -0.239. The molecule has 1 aromatic rings. The Kier molecular flexibility index (Phi) is 2.87. The highest BCUT2D eigenvalue weighted by atomic mass is 19.3. The molecule has 0 heterocycles. The minimum atomic E-state index is -3.05. The molecule has 0 aliphatic heterocycles.